The van der Waals surface area contributed by atoms with E-state index in [-0.39, 0.29) is 6.04 Å². The lowest BCUT2D eigenvalue weighted by Gasteiger charge is -2.31. The lowest BCUT2D eigenvalue weighted by molar-refractivity contribution is 0.274. The Morgan fingerprint density at radius 3 is 2.93 bits per heavy atom. The predicted molar refractivity (Wildman–Crippen MR) is 64.0 cm³/mol. The first-order valence-electron chi connectivity index (χ1n) is 4.93. The zero-order chi connectivity index (χ0) is 11.0. The van der Waals surface area contributed by atoms with Crippen molar-refractivity contribution in [3.8, 4) is 5.75 Å². The van der Waals surface area contributed by atoms with Gasteiger partial charge in [0.15, 0.2) is 0 Å². The van der Waals surface area contributed by atoms with E-state index in [9.17, 15) is 0 Å². The van der Waals surface area contributed by atoms with Crippen LogP contribution in [0.25, 0.3) is 0 Å². The minimum atomic E-state index is 0.0585. The van der Waals surface area contributed by atoms with Crippen molar-refractivity contribution in [1.82, 2.24) is 4.90 Å². The Hall–Kier alpha value is -0.580. The van der Waals surface area contributed by atoms with Crippen LogP contribution in [0.2, 0.25) is 0 Å². The largest absolute Gasteiger partial charge is 0.496 e. The second kappa shape index (κ2) is 4.12. The molecular formula is C11H15BrN2O. The minimum Gasteiger partial charge on any atom is -0.496 e. The van der Waals surface area contributed by atoms with Gasteiger partial charge in [-0.15, -0.1) is 0 Å². The Kier molecular flexibility index (Phi) is 3.00. The third-order valence-corrected chi connectivity index (χ3v) is 3.48. The maximum absolute atomic E-state index is 6.13. The van der Waals surface area contributed by atoms with E-state index in [4.69, 9.17) is 10.5 Å². The highest BCUT2D eigenvalue weighted by Gasteiger charge is 2.25. The summed E-state index contributed by atoms with van der Waals surface area (Å²) in [4.78, 5) is 2.21. The highest BCUT2D eigenvalue weighted by molar-refractivity contribution is 9.10. The Labute approximate surface area is 98.3 Å². The quantitative estimate of drug-likeness (QED) is 0.847. The molecule has 1 aromatic rings. The zero-order valence-electron chi connectivity index (χ0n) is 8.96. The fourth-order valence-corrected chi connectivity index (χ4v) is 2.80. The molecule has 1 atom stereocenters. The topological polar surface area (TPSA) is 38.5 Å². The summed E-state index contributed by atoms with van der Waals surface area (Å²) in [5, 5.41) is 0. The second-order valence-electron chi connectivity index (χ2n) is 3.95. The van der Waals surface area contributed by atoms with E-state index < -0.39 is 0 Å². The number of fused-ring (bicyclic) bond motifs is 1. The molecule has 0 aromatic heterocycles. The van der Waals surface area contributed by atoms with Crippen LogP contribution in [0.4, 0.5) is 0 Å². The summed E-state index contributed by atoms with van der Waals surface area (Å²) < 4.78 is 6.44. The van der Waals surface area contributed by atoms with Crippen LogP contribution in [0, 0.1) is 0 Å². The second-order valence-corrected chi connectivity index (χ2v) is 4.80. The maximum atomic E-state index is 6.13. The van der Waals surface area contributed by atoms with Crippen LogP contribution < -0.4 is 10.5 Å². The first-order valence-corrected chi connectivity index (χ1v) is 5.72. The smallest absolute Gasteiger partial charge is 0.123 e. The van der Waals surface area contributed by atoms with Gasteiger partial charge in [-0.1, -0.05) is 15.9 Å². The third-order valence-electron chi connectivity index (χ3n) is 2.79. The van der Waals surface area contributed by atoms with Crippen molar-refractivity contribution in [1.29, 1.82) is 0 Å². The number of rotatable bonds is 1. The maximum Gasteiger partial charge on any atom is 0.123 e. The standard InChI is InChI=1S/C11H15BrN2O/c1-14-5-7-10(15-2)4-3-8(12)11(7)9(13)6-14/h3-4,9H,5-6,13H2,1-2H3. The van der Waals surface area contributed by atoms with E-state index >= 15 is 0 Å². The molecule has 2 N–H and O–H groups in total. The van der Waals surface area contributed by atoms with Gasteiger partial charge in [0.25, 0.3) is 0 Å². The summed E-state index contributed by atoms with van der Waals surface area (Å²) in [6.45, 7) is 1.78. The SMILES string of the molecule is COc1ccc(Br)c2c1CN(C)CC2N. The molecule has 3 nitrogen and oxygen atoms in total. The number of ether oxygens (including phenoxy) is 1. The molecule has 0 spiro atoms. The molecule has 15 heavy (non-hydrogen) atoms. The fourth-order valence-electron chi connectivity index (χ4n) is 2.13. The van der Waals surface area contributed by atoms with Crippen LogP contribution in [0.15, 0.2) is 16.6 Å². The van der Waals surface area contributed by atoms with Crippen molar-refractivity contribution in [2.75, 3.05) is 20.7 Å². The van der Waals surface area contributed by atoms with Gasteiger partial charge in [-0.25, -0.2) is 0 Å². The average molecular weight is 271 g/mol. The number of methoxy groups -OCH3 is 1. The Morgan fingerprint density at radius 1 is 1.53 bits per heavy atom. The molecule has 0 amide bonds. The molecule has 0 radical (unpaired) electrons. The third kappa shape index (κ3) is 1.89. The molecule has 82 valence electrons. The number of nitrogens with zero attached hydrogens (tertiary/aromatic N) is 1. The summed E-state index contributed by atoms with van der Waals surface area (Å²) in [6, 6.07) is 4.04. The summed E-state index contributed by atoms with van der Waals surface area (Å²) in [5.41, 5.74) is 8.52. The van der Waals surface area contributed by atoms with Crippen molar-refractivity contribution >= 4 is 15.9 Å². The molecule has 0 saturated heterocycles. The van der Waals surface area contributed by atoms with Crippen LogP contribution in [-0.4, -0.2) is 25.6 Å². The molecule has 1 heterocycles. The van der Waals surface area contributed by atoms with Gasteiger partial charge in [0.05, 0.1) is 7.11 Å². The van der Waals surface area contributed by atoms with Crippen molar-refractivity contribution in [3.63, 3.8) is 0 Å². The van der Waals surface area contributed by atoms with Gasteiger partial charge < -0.3 is 15.4 Å². The molecule has 2 rings (SSSR count). The van der Waals surface area contributed by atoms with Crippen molar-refractivity contribution in [2.24, 2.45) is 5.73 Å². The number of nitrogens with two attached hydrogens (primary N) is 1. The highest BCUT2D eigenvalue weighted by atomic mass is 79.9. The van der Waals surface area contributed by atoms with Gasteiger partial charge in [0.2, 0.25) is 0 Å². The Bertz CT molecular complexity index is 381. The summed E-state index contributed by atoms with van der Waals surface area (Å²) >= 11 is 3.55. The predicted octanol–water partition coefficient (Wildman–Crippen LogP) is 1.90. The highest BCUT2D eigenvalue weighted by Crippen LogP contribution is 2.36. The van der Waals surface area contributed by atoms with Crippen molar-refractivity contribution in [2.45, 2.75) is 12.6 Å². The number of benzene rings is 1. The van der Waals surface area contributed by atoms with Crippen molar-refractivity contribution in [3.05, 3.63) is 27.7 Å². The lowest BCUT2D eigenvalue weighted by atomic mass is 9.95. The Balaban J connectivity index is 2.56. The van der Waals surface area contributed by atoms with Gasteiger partial charge in [-0.2, -0.15) is 0 Å². The van der Waals surface area contributed by atoms with E-state index in [1.807, 2.05) is 12.1 Å². The molecule has 1 aliphatic heterocycles. The van der Waals surface area contributed by atoms with Gasteiger partial charge >= 0.3 is 0 Å². The van der Waals surface area contributed by atoms with Crippen LogP contribution in [0.5, 0.6) is 5.75 Å². The average Bonchev–Trinajstić information content (AvgIpc) is 2.17. The van der Waals surface area contributed by atoms with Crippen molar-refractivity contribution < 1.29 is 4.74 Å². The van der Waals surface area contributed by atoms with Gasteiger partial charge in [0, 0.05) is 29.2 Å². The van der Waals surface area contributed by atoms with Crippen LogP contribution in [0.1, 0.15) is 17.2 Å². The molecule has 1 aliphatic rings. The van der Waals surface area contributed by atoms with Crippen LogP contribution >= 0.6 is 15.9 Å². The van der Waals surface area contributed by atoms with E-state index in [0.29, 0.717) is 0 Å². The first kappa shape index (κ1) is 10.9. The van der Waals surface area contributed by atoms with Gasteiger partial charge in [-0.3, -0.25) is 0 Å². The van der Waals surface area contributed by atoms with Gasteiger partial charge in [-0.05, 0) is 24.7 Å². The lowest BCUT2D eigenvalue weighted by Crippen LogP contribution is -2.35. The fraction of sp³-hybridized carbons (Fsp3) is 0.455. The molecule has 1 aromatic carbocycles. The number of halogens is 1. The molecular weight excluding hydrogens is 256 g/mol. The minimum absolute atomic E-state index is 0.0585. The molecule has 1 unspecified atom stereocenters. The number of hydrogen-bond acceptors (Lipinski definition) is 3. The monoisotopic (exact) mass is 270 g/mol. The number of likely N-dealkylation sites (N-methyl/N-ethyl adjacent to an activating group) is 1. The molecule has 4 heteroatoms. The van der Waals surface area contributed by atoms with Crippen LogP contribution in [0.3, 0.4) is 0 Å². The van der Waals surface area contributed by atoms with E-state index in [2.05, 4.69) is 27.9 Å². The normalized spacial score (nSPS) is 21.2. The first-order chi connectivity index (χ1) is 7.13. The molecule has 0 aliphatic carbocycles. The molecule has 0 fully saturated rings. The molecule has 0 bridgehead atoms. The zero-order valence-corrected chi connectivity index (χ0v) is 10.5. The summed E-state index contributed by atoms with van der Waals surface area (Å²) in [6.07, 6.45) is 0. The van der Waals surface area contributed by atoms with Crippen LogP contribution in [-0.2, 0) is 6.54 Å². The molecule has 0 saturated carbocycles. The Morgan fingerprint density at radius 2 is 2.27 bits per heavy atom. The number of hydrogen-bond donors (Lipinski definition) is 1. The van der Waals surface area contributed by atoms with E-state index in [0.717, 1.165) is 23.3 Å². The van der Waals surface area contributed by atoms with E-state index in [1.54, 1.807) is 7.11 Å². The summed E-state index contributed by atoms with van der Waals surface area (Å²) in [5.74, 6) is 0.926. The van der Waals surface area contributed by atoms with E-state index in [1.165, 1.54) is 11.1 Å². The summed E-state index contributed by atoms with van der Waals surface area (Å²) in [7, 11) is 3.77. The van der Waals surface area contributed by atoms with Gasteiger partial charge in [0.1, 0.15) is 5.75 Å².